The molecular weight excluding hydrogens is 199 g/mol. The van der Waals surface area contributed by atoms with Gasteiger partial charge >= 0.3 is 5.97 Å². The zero-order chi connectivity index (χ0) is 10.6. The van der Waals surface area contributed by atoms with Crippen molar-refractivity contribution in [3.8, 4) is 0 Å². The van der Waals surface area contributed by atoms with Gasteiger partial charge in [0.2, 0.25) is 0 Å². The summed E-state index contributed by atoms with van der Waals surface area (Å²) >= 11 is 0. The molecule has 1 aromatic rings. The van der Waals surface area contributed by atoms with Crippen molar-refractivity contribution in [2.75, 3.05) is 0 Å². The lowest BCUT2D eigenvalue weighted by molar-refractivity contribution is -0.140. The number of halogens is 1. The quantitative estimate of drug-likeness (QED) is 0.614. The van der Waals surface area contributed by atoms with Crippen LogP contribution in [0.1, 0.15) is 23.7 Å². The Bertz CT molecular complexity index is 335. The van der Waals surface area contributed by atoms with Crippen LogP contribution in [0.15, 0.2) is 30.3 Å². The molecule has 0 amide bonds. The van der Waals surface area contributed by atoms with Crippen molar-refractivity contribution >= 4 is 11.8 Å². The highest BCUT2D eigenvalue weighted by Crippen LogP contribution is 2.12. The summed E-state index contributed by atoms with van der Waals surface area (Å²) in [7, 11) is 0. The molecule has 0 aliphatic carbocycles. The monoisotopic (exact) mass is 212 g/mol. The van der Waals surface area contributed by atoms with Gasteiger partial charge in [0.25, 0.3) is 0 Å². The molecule has 1 N–H and O–H groups in total. The summed E-state index contributed by atoms with van der Waals surface area (Å²) in [4.78, 5) is 22.4. The Labute approximate surface area is 87.1 Å². The molecule has 1 aromatic carbocycles. The number of carboxylic acids is 1. The number of carboxylic acid groups (broad SMARTS) is 1. The zero-order valence-corrected chi connectivity index (χ0v) is 8.34. The molecule has 0 radical (unpaired) electrons. The molecular formula is C11H13FO3. The van der Waals surface area contributed by atoms with E-state index >= 15 is 0 Å². The van der Waals surface area contributed by atoms with Crippen molar-refractivity contribution in [3.63, 3.8) is 0 Å². The number of Topliss-reactive ketones (excluding diaryl/α,β-unsaturated/α-hetero) is 1. The van der Waals surface area contributed by atoms with E-state index in [4.69, 9.17) is 5.11 Å². The van der Waals surface area contributed by atoms with Crippen molar-refractivity contribution in [1.29, 1.82) is 0 Å². The highest BCUT2D eigenvalue weighted by Gasteiger charge is 2.24. The van der Waals surface area contributed by atoms with Gasteiger partial charge in [0.05, 0.1) is 0 Å². The van der Waals surface area contributed by atoms with Crippen LogP contribution in [0.4, 0.5) is 4.70 Å². The molecule has 0 aromatic heterocycles. The molecule has 0 saturated heterocycles. The molecule has 3 nitrogen and oxygen atoms in total. The molecule has 0 aliphatic heterocycles. The molecule has 1 atom stereocenters. The second-order valence-electron chi connectivity index (χ2n) is 3.03. The van der Waals surface area contributed by atoms with Gasteiger partial charge in [-0.2, -0.15) is 0 Å². The van der Waals surface area contributed by atoms with Crippen molar-refractivity contribution in [2.45, 2.75) is 13.3 Å². The lowest BCUT2D eigenvalue weighted by Crippen LogP contribution is -2.22. The summed E-state index contributed by atoms with van der Waals surface area (Å²) in [6.07, 6.45) is 0.322. The van der Waals surface area contributed by atoms with Crippen molar-refractivity contribution < 1.29 is 19.4 Å². The van der Waals surface area contributed by atoms with Gasteiger partial charge in [0.15, 0.2) is 5.78 Å². The van der Waals surface area contributed by atoms with Crippen LogP contribution < -0.4 is 0 Å². The fraction of sp³-hybridized carbons (Fsp3) is 0.273. The van der Waals surface area contributed by atoms with E-state index < -0.39 is 11.9 Å². The van der Waals surface area contributed by atoms with Gasteiger partial charge in [-0.05, 0) is 6.42 Å². The Hall–Kier alpha value is -1.71. The Morgan fingerprint density at radius 1 is 1.27 bits per heavy atom. The molecule has 0 spiro atoms. The molecule has 0 aliphatic rings. The van der Waals surface area contributed by atoms with Crippen LogP contribution in [0.3, 0.4) is 0 Å². The van der Waals surface area contributed by atoms with Crippen LogP contribution in [0.5, 0.6) is 0 Å². The van der Waals surface area contributed by atoms with Crippen LogP contribution in [-0.4, -0.2) is 16.9 Å². The predicted octanol–water partition coefficient (Wildman–Crippen LogP) is 2.13. The Kier molecular flexibility index (Phi) is 5.23. The predicted molar refractivity (Wildman–Crippen MR) is 54.7 cm³/mol. The molecule has 0 bridgehead atoms. The summed E-state index contributed by atoms with van der Waals surface area (Å²) in [5, 5.41) is 8.78. The maximum Gasteiger partial charge on any atom is 0.314 e. The minimum absolute atomic E-state index is 0. The fourth-order valence-electron chi connectivity index (χ4n) is 1.28. The maximum atomic E-state index is 11.6. The summed E-state index contributed by atoms with van der Waals surface area (Å²) < 4.78 is 0. The second kappa shape index (κ2) is 5.90. The zero-order valence-electron chi connectivity index (χ0n) is 8.34. The van der Waals surface area contributed by atoms with E-state index in [-0.39, 0.29) is 10.5 Å². The highest BCUT2D eigenvalue weighted by molar-refractivity contribution is 6.08. The Balaban J connectivity index is 0.00000196. The van der Waals surface area contributed by atoms with Crippen molar-refractivity contribution in [3.05, 3.63) is 35.9 Å². The number of ketones is 1. The van der Waals surface area contributed by atoms with Gasteiger partial charge in [-0.15, -0.1) is 0 Å². The molecule has 0 saturated carbocycles. The van der Waals surface area contributed by atoms with Gasteiger partial charge in [0, 0.05) is 5.56 Å². The van der Waals surface area contributed by atoms with Crippen LogP contribution in [-0.2, 0) is 4.79 Å². The first kappa shape index (κ1) is 13.3. The third-order valence-corrected chi connectivity index (χ3v) is 2.08. The molecule has 82 valence electrons. The van der Waals surface area contributed by atoms with Gasteiger partial charge < -0.3 is 5.11 Å². The lowest BCUT2D eigenvalue weighted by Gasteiger charge is -2.07. The molecule has 0 heterocycles. The topological polar surface area (TPSA) is 54.4 Å². The molecule has 1 unspecified atom stereocenters. The smallest absolute Gasteiger partial charge is 0.314 e. The SMILES string of the molecule is CCC(C(=O)O)C(=O)c1ccccc1.F. The van der Waals surface area contributed by atoms with Gasteiger partial charge in [-0.1, -0.05) is 37.3 Å². The van der Waals surface area contributed by atoms with E-state index in [9.17, 15) is 9.59 Å². The first-order valence-electron chi connectivity index (χ1n) is 4.49. The summed E-state index contributed by atoms with van der Waals surface area (Å²) in [6, 6.07) is 8.50. The minimum atomic E-state index is -1.05. The van der Waals surface area contributed by atoms with Crippen molar-refractivity contribution in [1.82, 2.24) is 0 Å². The summed E-state index contributed by atoms with van der Waals surface area (Å²) in [5.41, 5.74) is 0.460. The third kappa shape index (κ3) is 3.16. The van der Waals surface area contributed by atoms with Gasteiger partial charge in [-0.25, -0.2) is 0 Å². The van der Waals surface area contributed by atoms with Crippen LogP contribution >= 0.6 is 0 Å². The van der Waals surface area contributed by atoms with E-state index in [1.54, 1.807) is 37.3 Å². The van der Waals surface area contributed by atoms with E-state index in [0.29, 0.717) is 12.0 Å². The van der Waals surface area contributed by atoms with E-state index in [1.165, 1.54) is 0 Å². The van der Waals surface area contributed by atoms with Gasteiger partial charge in [-0.3, -0.25) is 14.3 Å². The second-order valence-corrected chi connectivity index (χ2v) is 3.03. The first-order valence-corrected chi connectivity index (χ1v) is 4.49. The molecule has 0 fully saturated rings. The number of carbonyl (C=O) groups excluding carboxylic acids is 1. The van der Waals surface area contributed by atoms with Crippen LogP contribution in [0, 0.1) is 5.92 Å². The first-order chi connectivity index (χ1) is 6.66. The van der Waals surface area contributed by atoms with Crippen molar-refractivity contribution in [2.24, 2.45) is 5.92 Å². The Morgan fingerprint density at radius 2 is 1.80 bits per heavy atom. The van der Waals surface area contributed by atoms with Gasteiger partial charge in [0.1, 0.15) is 5.92 Å². The number of benzene rings is 1. The average Bonchev–Trinajstić information content (AvgIpc) is 2.19. The highest BCUT2D eigenvalue weighted by atomic mass is 19.0. The number of hydrogen-bond donors (Lipinski definition) is 1. The normalized spacial score (nSPS) is 11.3. The minimum Gasteiger partial charge on any atom is -0.481 e. The lowest BCUT2D eigenvalue weighted by atomic mass is 9.95. The number of aliphatic carboxylic acids is 1. The third-order valence-electron chi connectivity index (χ3n) is 2.08. The van der Waals surface area contributed by atoms with E-state index in [0.717, 1.165) is 0 Å². The largest absolute Gasteiger partial charge is 0.481 e. The maximum absolute atomic E-state index is 11.6. The van der Waals surface area contributed by atoms with E-state index in [2.05, 4.69) is 0 Å². The average molecular weight is 212 g/mol. The number of rotatable bonds is 4. The van der Waals surface area contributed by atoms with E-state index in [1.807, 2.05) is 0 Å². The summed E-state index contributed by atoms with van der Waals surface area (Å²) in [6.45, 7) is 1.69. The molecule has 4 heteroatoms. The number of hydrogen-bond acceptors (Lipinski definition) is 2. The number of carbonyl (C=O) groups is 2. The molecule has 15 heavy (non-hydrogen) atoms. The standard InChI is InChI=1S/C11H12O3.FH/c1-2-9(11(13)14)10(12)8-6-4-3-5-7-8;/h3-7,9H,2H2,1H3,(H,13,14);1H. The van der Waals surface area contributed by atoms with Crippen LogP contribution in [0.25, 0.3) is 0 Å². The van der Waals surface area contributed by atoms with Crippen LogP contribution in [0.2, 0.25) is 0 Å². The molecule has 1 rings (SSSR count). The Morgan fingerprint density at radius 3 is 2.20 bits per heavy atom. The summed E-state index contributed by atoms with van der Waals surface area (Å²) in [5.74, 6) is -2.29. The fourth-order valence-corrected chi connectivity index (χ4v) is 1.28.